The van der Waals surface area contributed by atoms with E-state index >= 15 is 0 Å². The molecule has 0 aliphatic carbocycles. The summed E-state index contributed by atoms with van der Waals surface area (Å²) in [6, 6.07) is 11.6. The highest BCUT2D eigenvalue weighted by Crippen LogP contribution is 2.23. The topological polar surface area (TPSA) is 30.2 Å². The second kappa shape index (κ2) is 4.99. The van der Waals surface area contributed by atoms with Crippen LogP contribution in [-0.2, 0) is 11.2 Å². The molecule has 0 N–H and O–H groups in total. The second-order valence-electron chi connectivity index (χ2n) is 3.60. The average molecular weight is 235 g/mol. The fourth-order valence-electron chi connectivity index (χ4n) is 1.65. The van der Waals surface area contributed by atoms with Crippen molar-refractivity contribution in [2.45, 2.75) is 12.3 Å². The maximum atomic E-state index is 11.4. The summed E-state index contributed by atoms with van der Waals surface area (Å²) < 4.78 is 4.97. The molecule has 0 saturated heterocycles. The minimum Gasteiger partial charge on any atom is -0.472 e. The Morgan fingerprint density at radius 2 is 2.00 bits per heavy atom. The van der Waals surface area contributed by atoms with E-state index < -0.39 is 0 Å². The predicted molar refractivity (Wildman–Crippen MR) is 62.5 cm³/mol. The van der Waals surface area contributed by atoms with Crippen molar-refractivity contribution in [2.75, 3.05) is 0 Å². The molecular formula is C13H11ClO2. The third kappa shape index (κ3) is 2.52. The summed E-state index contributed by atoms with van der Waals surface area (Å²) in [5.41, 5.74) is 1.91. The van der Waals surface area contributed by atoms with Crippen LogP contribution in [0.25, 0.3) is 0 Å². The standard InChI is InChI=1S/C13H11ClO2/c14-13(15)12(11-6-7-16-9-11)8-10-4-2-1-3-5-10/h1-7,9,12H,8H2/t12-/m0/s1. The van der Waals surface area contributed by atoms with Crippen LogP contribution in [0.3, 0.4) is 0 Å². The van der Waals surface area contributed by atoms with Crippen LogP contribution in [0.2, 0.25) is 0 Å². The van der Waals surface area contributed by atoms with Gasteiger partial charge in [0.15, 0.2) is 0 Å². The number of rotatable bonds is 4. The van der Waals surface area contributed by atoms with E-state index in [1.807, 2.05) is 30.3 Å². The molecule has 16 heavy (non-hydrogen) atoms. The van der Waals surface area contributed by atoms with Gasteiger partial charge in [-0.15, -0.1) is 0 Å². The van der Waals surface area contributed by atoms with Gasteiger partial charge in [-0.05, 0) is 29.7 Å². The van der Waals surface area contributed by atoms with Gasteiger partial charge >= 0.3 is 0 Å². The van der Waals surface area contributed by atoms with Gasteiger partial charge in [0.1, 0.15) is 0 Å². The number of hydrogen-bond donors (Lipinski definition) is 0. The summed E-state index contributed by atoms with van der Waals surface area (Å²) in [5, 5.41) is -0.356. The highest BCUT2D eigenvalue weighted by atomic mass is 35.5. The van der Waals surface area contributed by atoms with E-state index in [1.54, 1.807) is 18.6 Å². The first-order valence-corrected chi connectivity index (χ1v) is 5.40. The SMILES string of the molecule is O=C(Cl)[C@@H](Cc1ccccc1)c1ccoc1. The van der Waals surface area contributed by atoms with Crippen molar-refractivity contribution in [3.63, 3.8) is 0 Å². The van der Waals surface area contributed by atoms with Gasteiger partial charge in [-0.1, -0.05) is 30.3 Å². The maximum Gasteiger partial charge on any atom is 0.229 e. The molecule has 0 saturated carbocycles. The Kier molecular flexibility index (Phi) is 3.42. The molecule has 0 unspecified atom stereocenters. The van der Waals surface area contributed by atoms with Gasteiger partial charge in [0.25, 0.3) is 0 Å². The summed E-state index contributed by atoms with van der Waals surface area (Å²) >= 11 is 5.60. The van der Waals surface area contributed by atoms with Crippen LogP contribution in [0.5, 0.6) is 0 Å². The monoisotopic (exact) mass is 234 g/mol. The van der Waals surface area contributed by atoms with Crippen molar-refractivity contribution in [2.24, 2.45) is 0 Å². The molecule has 2 aromatic rings. The molecule has 0 fully saturated rings. The molecule has 2 nitrogen and oxygen atoms in total. The third-order valence-corrected chi connectivity index (χ3v) is 2.77. The Balaban J connectivity index is 2.19. The Labute approximate surface area is 98.8 Å². The normalized spacial score (nSPS) is 12.3. The van der Waals surface area contributed by atoms with Crippen molar-refractivity contribution in [3.05, 3.63) is 60.1 Å². The minimum absolute atomic E-state index is 0.331. The Morgan fingerprint density at radius 3 is 2.56 bits per heavy atom. The zero-order chi connectivity index (χ0) is 11.4. The zero-order valence-corrected chi connectivity index (χ0v) is 9.35. The first-order valence-electron chi connectivity index (χ1n) is 5.03. The van der Waals surface area contributed by atoms with Crippen LogP contribution in [0.1, 0.15) is 17.0 Å². The molecular weight excluding hydrogens is 224 g/mol. The first kappa shape index (κ1) is 11.0. The van der Waals surface area contributed by atoms with Crippen molar-refractivity contribution >= 4 is 16.8 Å². The van der Waals surface area contributed by atoms with Gasteiger partial charge in [0.05, 0.1) is 18.4 Å². The highest BCUT2D eigenvalue weighted by Gasteiger charge is 2.20. The Morgan fingerprint density at radius 1 is 1.25 bits per heavy atom. The molecule has 1 aromatic carbocycles. The lowest BCUT2D eigenvalue weighted by Crippen LogP contribution is -2.09. The summed E-state index contributed by atoms with van der Waals surface area (Å²) in [4.78, 5) is 11.4. The number of halogens is 1. The van der Waals surface area contributed by atoms with Crippen molar-refractivity contribution in [1.82, 2.24) is 0 Å². The van der Waals surface area contributed by atoms with Crippen molar-refractivity contribution < 1.29 is 9.21 Å². The molecule has 0 aliphatic rings. The van der Waals surface area contributed by atoms with E-state index in [1.165, 1.54) is 0 Å². The Bertz CT molecular complexity index is 448. The van der Waals surface area contributed by atoms with Crippen LogP contribution < -0.4 is 0 Å². The molecule has 3 heteroatoms. The lowest BCUT2D eigenvalue weighted by Gasteiger charge is -2.10. The molecule has 82 valence electrons. The Hall–Kier alpha value is -1.54. The fourth-order valence-corrected chi connectivity index (χ4v) is 1.86. The fraction of sp³-hybridized carbons (Fsp3) is 0.154. The van der Waals surface area contributed by atoms with Crippen LogP contribution in [-0.4, -0.2) is 5.24 Å². The van der Waals surface area contributed by atoms with E-state index in [9.17, 15) is 4.79 Å². The number of hydrogen-bond acceptors (Lipinski definition) is 2. The van der Waals surface area contributed by atoms with Crippen molar-refractivity contribution in [3.8, 4) is 0 Å². The van der Waals surface area contributed by atoms with Gasteiger partial charge in [0, 0.05) is 5.56 Å². The molecule has 1 atom stereocenters. The molecule has 1 aromatic heterocycles. The average Bonchev–Trinajstić information content (AvgIpc) is 2.80. The van der Waals surface area contributed by atoms with Gasteiger partial charge in [-0.25, -0.2) is 0 Å². The van der Waals surface area contributed by atoms with Gasteiger partial charge in [-0.2, -0.15) is 0 Å². The summed E-state index contributed by atoms with van der Waals surface area (Å²) in [5.74, 6) is -0.331. The lowest BCUT2D eigenvalue weighted by atomic mass is 9.95. The van der Waals surface area contributed by atoms with Crippen LogP contribution >= 0.6 is 11.6 Å². The largest absolute Gasteiger partial charge is 0.472 e. The van der Waals surface area contributed by atoms with E-state index in [2.05, 4.69) is 0 Å². The van der Waals surface area contributed by atoms with Crippen molar-refractivity contribution in [1.29, 1.82) is 0 Å². The minimum atomic E-state index is -0.356. The molecule has 2 rings (SSSR count). The molecule has 1 heterocycles. The molecule has 0 amide bonds. The highest BCUT2D eigenvalue weighted by molar-refractivity contribution is 6.64. The molecule has 0 bridgehead atoms. The van der Waals surface area contributed by atoms with Gasteiger partial charge < -0.3 is 4.42 Å². The zero-order valence-electron chi connectivity index (χ0n) is 8.60. The van der Waals surface area contributed by atoms with Crippen LogP contribution in [0, 0.1) is 0 Å². The van der Waals surface area contributed by atoms with E-state index in [0.29, 0.717) is 6.42 Å². The predicted octanol–water partition coefficient (Wildman–Crippen LogP) is 3.37. The molecule has 0 radical (unpaired) electrons. The van der Waals surface area contributed by atoms with Gasteiger partial charge in [-0.3, -0.25) is 4.79 Å². The molecule has 0 spiro atoms. The maximum absolute atomic E-state index is 11.4. The van der Waals surface area contributed by atoms with Gasteiger partial charge in [0.2, 0.25) is 5.24 Å². The van der Waals surface area contributed by atoms with Crippen LogP contribution in [0.4, 0.5) is 0 Å². The summed E-state index contributed by atoms with van der Waals surface area (Å²) in [6.07, 6.45) is 3.71. The van der Waals surface area contributed by atoms with E-state index in [0.717, 1.165) is 11.1 Å². The number of benzene rings is 1. The first-order chi connectivity index (χ1) is 7.77. The number of carbonyl (C=O) groups is 1. The number of furan rings is 1. The third-order valence-electron chi connectivity index (χ3n) is 2.50. The molecule has 0 aliphatic heterocycles. The van der Waals surface area contributed by atoms with Crippen LogP contribution in [0.15, 0.2) is 53.3 Å². The second-order valence-corrected chi connectivity index (χ2v) is 3.98. The van der Waals surface area contributed by atoms with E-state index in [-0.39, 0.29) is 11.2 Å². The van der Waals surface area contributed by atoms with E-state index in [4.69, 9.17) is 16.0 Å². The summed E-state index contributed by atoms with van der Waals surface area (Å²) in [6.45, 7) is 0. The quantitative estimate of drug-likeness (QED) is 0.760. The number of carbonyl (C=O) groups excluding carboxylic acids is 1. The lowest BCUT2D eigenvalue weighted by molar-refractivity contribution is -0.113. The summed E-state index contributed by atoms with van der Waals surface area (Å²) in [7, 11) is 0. The smallest absolute Gasteiger partial charge is 0.229 e.